The zero-order chi connectivity index (χ0) is 15.4. The fraction of sp³-hybridized carbons (Fsp3) is 0.625. The Morgan fingerprint density at radius 2 is 1.90 bits per heavy atom. The van der Waals surface area contributed by atoms with E-state index in [0.717, 1.165) is 55.4 Å². The van der Waals surface area contributed by atoms with Crippen LogP contribution in [0, 0.1) is 5.92 Å². The standard InChI is InChI=1S/C16H23NO3S/c1-3-6-10(7-4-2)14(18)17-15-13(16(19)20)11-8-5-9-12(11)21-15/h10H,3-9H2,1-2H3,(H,17,18)(H,19,20). The molecule has 0 bridgehead atoms. The van der Waals surface area contributed by atoms with E-state index in [4.69, 9.17) is 0 Å². The van der Waals surface area contributed by atoms with E-state index in [2.05, 4.69) is 19.2 Å². The molecule has 1 aromatic rings. The van der Waals surface area contributed by atoms with Crippen LogP contribution in [-0.2, 0) is 17.6 Å². The van der Waals surface area contributed by atoms with Gasteiger partial charge in [-0.3, -0.25) is 4.79 Å². The summed E-state index contributed by atoms with van der Waals surface area (Å²) in [7, 11) is 0. The number of carboxylic acid groups (broad SMARTS) is 1. The molecule has 0 radical (unpaired) electrons. The van der Waals surface area contributed by atoms with Crippen molar-refractivity contribution in [1.82, 2.24) is 0 Å². The molecule has 0 unspecified atom stereocenters. The Bertz CT molecular complexity index is 530. The summed E-state index contributed by atoms with van der Waals surface area (Å²) in [6.07, 6.45) is 6.40. The highest BCUT2D eigenvalue weighted by Gasteiger charge is 2.28. The van der Waals surface area contributed by atoms with Gasteiger partial charge in [0.05, 0.1) is 5.56 Å². The van der Waals surface area contributed by atoms with Crippen molar-refractivity contribution < 1.29 is 14.7 Å². The van der Waals surface area contributed by atoms with Crippen LogP contribution in [0.1, 0.15) is 66.8 Å². The number of carboxylic acids is 1. The molecule has 2 N–H and O–H groups in total. The zero-order valence-corrected chi connectivity index (χ0v) is 13.5. The fourth-order valence-electron chi connectivity index (χ4n) is 3.04. The number of aromatic carboxylic acids is 1. The van der Waals surface area contributed by atoms with Crippen LogP contribution in [0.25, 0.3) is 0 Å². The topological polar surface area (TPSA) is 66.4 Å². The average molecular weight is 309 g/mol. The SMILES string of the molecule is CCCC(CCC)C(=O)Nc1sc2c(c1C(=O)O)CCC2. The summed E-state index contributed by atoms with van der Waals surface area (Å²) in [6.45, 7) is 4.14. The highest BCUT2D eigenvalue weighted by atomic mass is 32.1. The maximum Gasteiger partial charge on any atom is 0.339 e. The highest BCUT2D eigenvalue weighted by Crippen LogP contribution is 2.39. The Hall–Kier alpha value is -1.36. The van der Waals surface area contributed by atoms with Gasteiger partial charge in [0.15, 0.2) is 0 Å². The van der Waals surface area contributed by atoms with E-state index in [1.807, 2.05) is 0 Å². The molecular formula is C16H23NO3S. The summed E-state index contributed by atoms with van der Waals surface area (Å²) in [4.78, 5) is 25.0. The molecule has 2 rings (SSSR count). The minimum Gasteiger partial charge on any atom is -0.478 e. The Labute approximate surface area is 129 Å². The van der Waals surface area contributed by atoms with Crippen molar-refractivity contribution >= 4 is 28.2 Å². The van der Waals surface area contributed by atoms with Crippen LogP contribution in [0.15, 0.2) is 0 Å². The first-order valence-electron chi connectivity index (χ1n) is 7.77. The maximum atomic E-state index is 12.4. The Morgan fingerprint density at radius 1 is 1.24 bits per heavy atom. The number of carbonyl (C=O) groups excluding carboxylic acids is 1. The Morgan fingerprint density at radius 3 is 2.48 bits per heavy atom. The summed E-state index contributed by atoms with van der Waals surface area (Å²) in [5.74, 6) is -0.966. The zero-order valence-electron chi connectivity index (χ0n) is 12.7. The highest BCUT2D eigenvalue weighted by molar-refractivity contribution is 7.17. The fourth-order valence-corrected chi connectivity index (χ4v) is 4.32. The van der Waals surface area contributed by atoms with Gasteiger partial charge in [0, 0.05) is 10.8 Å². The van der Waals surface area contributed by atoms with Crippen molar-refractivity contribution in [2.75, 3.05) is 5.32 Å². The quantitative estimate of drug-likeness (QED) is 0.797. The Balaban J connectivity index is 2.19. The number of aryl methyl sites for hydroxylation is 1. The van der Waals surface area contributed by atoms with Crippen LogP contribution in [0.5, 0.6) is 0 Å². The van der Waals surface area contributed by atoms with Crippen LogP contribution in [0.3, 0.4) is 0 Å². The molecule has 0 aromatic carbocycles. The van der Waals surface area contributed by atoms with E-state index in [9.17, 15) is 14.7 Å². The molecule has 0 saturated carbocycles. The summed E-state index contributed by atoms with van der Waals surface area (Å²) >= 11 is 1.45. The molecule has 0 fully saturated rings. The lowest BCUT2D eigenvalue weighted by Crippen LogP contribution is -2.23. The molecule has 1 aliphatic carbocycles. The molecule has 0 atom stereocenters. The summed E-state index contributed by atoms with van der Waals surface area (Å²) in [6, 6.07) is 0. The summed E-state index contributed by atoms with van der Waals surface area (Å²) < 4.78 is 0. The smallest absolute Gasteiger partial charge is 0.339 e. The molecule has 0 saturated heterocycles. The van der Waals surface area contributed by atoms with E-state index >= 15 is 0 Å². The second kappa shape index (κ2) is 7.07. The minimum atomic E-state index is -0.924. The molecular weight excluding hydrogens is 286 g/mol. The van der Waals surface area contributed by atoms with Gasteiger partial charge in [-0.1, -0.05) is 26.7 Å². The van der Waals surface area contributed by atoms with Gasteiger partial charge in [-0.15, -0.1) is 11.3 Å². The van der Waals surface area contributed by atoms with Crippen LogP contribution in [0.2, 0.25) is 0 Å². The van der Waals surface area contributed by atoms with E-state index in [1.54, 1.807) is 0 Å². The monoisotopic (exact) mass is 309 g/mol. The van der Waals surface area contributed by atoms with E-state index < -0.39 is 5.97 Å². The molecule has 116 valence electrons. The molecule has 1 heterocycles. The normalized spacial score (nSPS) is 13.5. The van der Waals surface area contributed by atoms with Gasteiger partial charge in [-0.05, 0) is 37.7 Å². The lowest BCUT2D eigenvalue weighted by atomic mass is 9.97. The summed E-state index contributed by atoms with van der Waals surface area (Å²) in [5.41, 5.74) is 1.26. The number of amides is 1. The molecule has 0 aliphatic heterocycles. The number of nitrogens with one attached hydrogen (secondary N) is 1. The predicted octanol–water partition coefficient (Wildman–Crippen LogP) is 4.09. The lowest BCUT2D eigenvalue weighted by Gasteiger charge is -2.15. The molecule has 1 aliphatic rings. The molecule has 1 amide bonds. The second-order valence-corrected chi connectivity index (χ2v) is 6.74. The van der Waals surface area contributed by atoms with Gasteiger partial charge >= 0.3 is 5.97 Å². The molecule has 21 heavy (non-hydrogen) atoms. The van der Waals surface area contributed by atoms with Crippen molar-refractivity contribution in [3.63, 3.8) is 0 Å². The molecule has 5 heteroatoms. The van der Waals surface area contributed by atoms with Gasteiger partial charge in [0.1, 0.15) is 5.00 Å². The van der Waals surface area contributed by atoms with Crippen molar-refractivity contribution in [1.29, 1.82) is 0 Å². The number of hydrogen-bond acceptors (Lipinski definition) is 3. The van der Waals surface area contributed by atoms with Gasteiger partial charge < -0.3 is 10.4 Å². The Kier molecular flexibility index (Phi) is 5.39. The van der Waals surface area contributed by atoms with E-state index in [1.165, 1.54) is 11.3 Å². The van der Waals surface area contributed by atoms with E-state index in [0.29, 0.717) is 10.6 Å². The van der Waals surface area contributed by atoms with Crippen molar-refractivity contribution in [3.8, 4) is 0 Å². The third-order valence-electron chi connectivity index (χ3n) is 4.02. The third-order valence-corrected chi connectivity index (χ3v) is 5.22. The van der Waals surface area contributed by atoms with Gasteiger partial charge in [-0.25, -0.2) is 4.79 Å². The molecule has 4 nitrogen and oxygen atoms in total. The van der Waals surface area contributed by atoms with Gasteiger partial charge in [-0.2, -0.15) is 0 Å². The van der Waals surface area contributed by atoms with Crippen LogP contribution < -0.4 is 5.32 Å². The van der Waals surface area contributed by atoms with Crippen LogP contribution >= 0.6 is 11.3 Å². The first kappa shape index (κ1) is 16.0. The van der Waals surface area contributed by atoms with Crippen molar-refractivity contribution in [3.05, 3.63) is 16.0 Å². The lowest BCUT2D eigenvalue weighted by molar-refractivity contribution is -0.120. The second-order valence-electron chi connectivity index (χ2n) is 5.63. The van der Waals surface area contributed by atoms with E-state index in [-0.39, 0.29) is 11.8 Å². The predicted molar refractivity (Wildman–Crippen MR) is 85.2 cm³/mol. The number of anilines is 1. The maximum absolute atomic E-state index is 12.4. The number of hydrogen-bond donors (Lipinski definition) is 2. The summed E-state index contributed by atoms with van der Waals surface area (Å²) in [5, 5.41) is 12.9. The van der Waals surface area contributed by atoms with Crippen molar-refractivity contribution in [2.24, 2.45) is 5.92 Å². The molecule has 0 spiro atoms. The number of rotatable bonds is 7. The minimum absolute atomic E-state index is 0.0152. The van der Waals surface area contributed by atoms with Crippen LogP contribution in [-0.4, -0.2) is 17.0 Å². The average Bonchev–Trinajstić information content (AvgIpc) is 2.97. The van der Waals surface area contributed by atoms with Crippen LogP contribution in [0.4, 0.5) is 5.00 Å². The first-order valence-corrected chi connectivity index (χ1v) is 8.58. The van der Waals surface area contributed by atoms with Gasteiger partial charge in [0.25, 0.3) is 0 Å². The van der Waals surface area contributed by atoms with Crippen molar-refractivity contribution in [2.45, 2.75) is 58.8 Å². The number of thiophene rings is 1. The largest absolute Gasteiger partial charge is 0.478 e. The molecule has 1 aromatic heterocycles. The van der Waals surface area contributed by atoms with Gasteiger partial charge in [0.2, 0.25) is 5.91 Å². The first-order chi connectivity index (χ1) is 10.1. The third kappa shape index (κ3) is 3.46. The number of carbonyl (C=O) groups is 2. The number of fused-ring (bicyclic) bond motifs is 1.